The predicted octanol–water partition coefficient (Wildman–Crippen LogP) is -1.60. The Morgan fingerprint density at radius 1 is 1.25 bits per heavy atom. The molecule has 0 fully saturated rings. The first kappa shape index (κ1) is 15.9. The normalized spacial score (nSPS) is 9.00. The van der Waals surface area contributed by atoms with Crippen LogP contribution >= 0.6 is 0 Å². The van der Waals surface area contributed by atoms with Gasteiger partial charge >= 0.3 is 29.2 Å². The molecule has 0 aliphatic carbocycles. The summed E-state index contributed by atoms with van der Waals surface area (Å²) in [5.41, 5.74) is 0. The molecule has 0 aromatic heterocycles. The van der Waals surface area contributed by atoms with Gasteiger partial charge in [-0.2, -0.15) is 13.2 Å². The van der Waals surface area contributed by atoms with Gasteiger partial charge in [-0.15, -0.1) is 0 Å². The van der Waals surface area contributed by atoms with Crippen molar-refractivity contribution in [1.29, 1.82) is 0 Å². The van der Waals surface area contributed by atoms with Gasteiger partial charge in [0.05, 0.1) is 0 Å². The summed E-state index contributed by atoms with van der Waals surface area (Å²) in [6.45, 7) is 2.63. The molecule has 0 saturated heterocycles. The maximum absolute atomic E-state index is 10.7. The van der Waals surface area contributed by atoms with Gasteiger partial charge in [0.1, 0.15) is 0 Å². The van der Waals surface area contributed by atoms with Gasteiger partial charge in [0.15, 0.2) is 0 Å². The smallest absolute Gasteiger partial charge is 1.00 e. The maximum Gasteiger partial charge on any atom is 2.00 e. The van der Waals surface area contributed by atoms with Crippen molar-refractivity contribution < 1.29 is 25.6 Å². The largest absolute Gasteiger partial charge is 2.00 e. The molecule has 0 radical (unpaired) electrons. The Morgan fingerprint density at radius 3 is 1.38 bits per heavy atom. The molecule has 0 aromatic carbocycles. The van der Waals surface area contributed by atoms with E-state index in [0.717, 1.165) is 0 Å². The van der Waals surface area contributed by atoms with E-state index >= 15 is 0 Å². The molecular weight excluding hydrogens is 153 g/mol. The predicted molar refractivity (Wildman–Crippen MR) is 21.8 cm³/mol. The van der Waals surface area contributed by atoms with E-state index in [1.54, 1.807) is 0 Å². The zero-order valence-corrected chi connectivity index (χ0v) is 6.30. The molecule has 0 nitrogen and oxygen atoms in total. The Kier molecular flexibility index (Phi) is 11.9. The van der Waals surface area contributed by atoms with E-state index in [0.29, 0.717) is 0 Å². The van der Waals surface area contributed by atoms with Crippen molar-refractivity contribution in [3.63, 3.8) is 0 Å². The van der Waals surface area contributed by atoms with Gasteiger partial charge in [0.25, 0.3) is 0 Å². The summed E-state index contributed by atoms with van der Waals surface area (Å²) in [5.74, 6) is 0. The number of halogens is 4. The summed E-state index contributed by atoms with van der Waals surface area (Å²) in [5, 5.41) is 0. The van der Waals surface area contributed by atoms with Crippen molar-refractivity contribution >= 4 is 23.1 Å². The van der Waals surface area contributed by atoms with E-state index in [1.807, 2.05) is 0 Å². The molecule has 0 aliphatic heterocycles. The van der Waals surface area contributed by atoms with Crippen molar-refractivity contribution in [3.8, 4) is 0 Å². The second-order valence-electron chi connectivity index (χ2n) is 0.865. The van der Waals surface area contributed by atoms with Crippen molar-refractivity contribution in [3.05, 3.63) is 6.92 Å². The Labute approximate surface area is 68.4 Å². The second kappa shape index (κ2) is 5.97. The fourth-order valence-electron chi connectivity index (χ4n) is 0. The molecule has 0 bridgehead atoms. The van der Waals surface area contributed by atoms with Crippen LogP contribution in [0, 0.1) is 6.92 Å². The molecule has 0 atom stereocenters. The minimum absolute atomic E-state index is 0. The van der Waals surface area contributed by atoms with Gasteiger partial charge in [0, 0.05) is 0 Å². The SMILES string of the molecule is [CH2-]CC(F)(F)F.[Cl-].[Mg+2]. The summed E-state index contributed by atoms with van der Waals surface area (Å²) >= 11 is 0. The fraction of sp³-hybridized carbons (Fsp3) is 0.667. The van der Waals surface area contributed by atoms with Crippen molar-refractivity contribution in [2.24, 2.45) is 0 Å². The summed E-state index contributed by atoms with van der Waals surface area (Å²) in [7, 11) is 0. The minimum Gasteiger partial charge on any atom is -1.00 e. The molecule has 0 amide bonds. The Balaban J connectivity index is -0.000000125. The zero-order chi connectivity index (χ0) is 5.21. The molecule has 5 heteroatoms. The Morgan fingerprint density at radius 2 is 1.38 bits per heavy atom. The number of alkyl halides is 3. The third-order valence-corrected chi connectivity index (χ3v) is 0.283. The van der Waals surface area contributed by atoms with Crippen molar-refractivity contribution in [2.45, 2.75) is 12.6 Å². The van der Waals surface area contributed by atoms with Crippen LogP contribution in [0.3, 0.4) is 0 Å². The molecule has 0 aliphatic rings. The number of hydrogen-bond donors (Lipinski definition) is 0. The summed E-state index contributed by atoms with van der Waals surface area (Å²) in [6.07, 6.45) is -5.05. The van der Waals surface area contributed by atoms with Crippen molar-refractivity contribution in [1.82, 2.24) is 0 Å². The van der Waals surface area contributed by atoms with Crippen LogP contribution in [0.1, 0.15) is 6.42 Å². The fourth-order valence-corrected chi connectivity index (χ4v) is 0. The average molecular weight is 157 g/mol. The Bertz CT molecular complexity index is 44.3. The van der Waals surface area contributed by atoms with Gasteiger partial charge in [-0.25, -0.2) is 0 Å². The standard InChI is InChI=1S/C3H4F3.ClH.Mg/c1-2-3(4,5)6;;/h1-2H2;1H;/q-1;;+2/p-1. The van der Waals surface area contributed by atoms with Gasteiger partial charge in [-0.3, -0.25) is 0 Å². The molecule has 46 valence electrons. The van der Waals surface area contributed by atoms with E-state index in [2.05, 4.69) is 6.92 Å². The summed E-state index contributed by atoms with van der Waals surface area (Å²) < 4.78 is 32.2. The van der Waals surface area contributed by atoms with Crippen LogP contribution in [0.15, 0.2) is 0 Å². The number of rotatable bonds is 0. The molecule has 0 spiro atoms. The van der Waals surface area contributed by atoms with Gasteiger partial charge in [-0.1, -0.05) is 6.42 Å². The van der Waals surface area contributed by atoms with Crippen LogP contribution in [-0.2, 0) is 0 Å². The zero-order valence-electron chi connectivity index (χ0n) is 4.13. The van der Waals surface area contributed by atoms with Crippen molar-refractivity contribution in [2.75, 3.05) is 0 Å². The van der Waals surface area contributed by atoms with Gasteiger partial charge in [-0.05, 0) is 0 Å². The molecular formula is C3H4ClF3Mg. The first-order valence-electron chi connectivity index (χ1n) is 1.42. The third kappa shape index (κ3) is 15.8. The summed E-state index contributed by atoms with van der Waals surface area (Å²) in [4.78, 5) is 0. The van der Waals surface area contributed by atoms with E-state index in [9.17, 15) is 13.2 Å². The van der Waals surface area contributed by atoms with Gasteiger partial charge in [0.2, 0.25) is 0 Å². The van der Waals surface area contributed by atoms with Gasteiger partial charge < -0.3 is 19.3 Å². The molecule has 0 saturated carbocycles. The van der Waals surface area contributed by atoms with Crippen LogP contribution < -0.4 is 12.4 Å². The topological polar surface area (TPSA) is 0 Å². The van der Waals surface area contributed by atoms with E-state index in [4.69, 9.17) is 0 Å². The first-order chi connectivity index (χ1) is 2.56. The number of hydrogen-bond acceptors (Lipinski definition) is 0. The molecule has 0 aromatic rings. The average Bonchev–Trinajstić information content (AvgIpc) is 1.35. The minimum atomic E-state index is -4.07. The Hall–Kier alpha value is 0.846. The van der Waals surface area contributed by atoms with Crippen LogP contribution in [0.4, 0.5) is 13.2 Å². The van der Waals surface area contributed by atoms with E-state index in [1.165, 1.54) is 0 Å². The second-order valence-corrected chi connectivity index (χ2v) is 0.865. The molecule has 0 heterocycles. The molecule has 8 heavy (non-hydrogen) atoms. The first-order valence-corrected chi connectivity index (χ1v) is 1.42. The van der Waals surface area contributed by atoms with Crippen LogP contribution in [0.25, 0.3) is 0 Å². The van der Waals surface area contributed by atoms with Crippen LogP contribution in [0.2, 0.25) is 0 Å². The summed E-state index contributed by atoms with van der Waals surface area (Å²) in [6, 6.07) is 0. The monoisotopic (exact) mass is 156 g/mol. The molecule has 0 unspecified atom stereocenters. The van der Waals surface area contributed by atoms with E-state index in [-0.39, 0.29) is 35.5 Å². The quantitative estimate of drug-likeness (QED) is 0.293. The molecule has 0 N–H and O–H groups in total. The van der Waals surface area contributed by atoms with Crippen LogP contribution in [0.5, 0.6) is 0 Å². The van der Waals surface area contributed by atoms with Crippen LogP contribution in [-0.4, -0.2) is 29.2 Å². The third-order valence-electron chi connectivity index (χ3n) is 0.283. The maximum atomic E-state index is 10.7. The van der Waals surface area contributed by atoms with E-state index < -0.39 is 12.6 Å². The molecule has 0 rings (SSSR count).